The fourth-order valence-electron chi connectivity index (χ4n) is 2.02. The van der Waals surface area contributed by atoms with Crippen LogP contribution in [0.15, 0.2) is 0 Å². The molecule has 0 bridgehead atoms. The lowest BCUT2D eigenvalue weighted by Crippen LogP contribution is -2.44. The highest BCUT2D eigenvalue weighted by Crippen LogP contribution is 2.24. The highest BCUT2D eigenvalue weighted by atomic mass is 16.2. The third-order valence-corrected chi connectivity index (χ3v) is 3.54. The van der Waals surface area contributed by atoms with Crippen molar-refractivity contribution in [3.05, 3.63) is 0 Å². The Kier molecular flexibility index (Phi) is 6.08. The van der Waals surface area contributed by atoms with Gasteiger partial charge in [0.1, 0.15) is 0 Å². The predicted molar refractivity (Wildman–Crippen MR) is 74.7 cm³/mol. The summed E-state index contributed by atoms with van der Waals surface area (Å²) in [5.41, 5.74) is 5.88. The molecule has 1 saturated carbocycles. The molecule has 4 N–H and O–H groups in total. The van der Waals surface area contributed by atoms with Crippen LogP contribution >= 0.6 is 0 Å². The van der Waals surface area contributed by atoms with Gasteiger partial charge in [0.2, 0.25) is 5.91 Å². The number of nitrogens with two attached hydrogens (primary N) is 1. The summed E-state index contributed by atoms with van der Waals surface area (Å²) < 4.78 is 0. The Morgan fingerprint density at radius 2 is 2.00 bits per heavy atom. The first-order valence-corrected chi connectivity index (χ1v) is 7.15. The van der Waals surface area contributed by atoms with Crippen LogP contribution in [0, 0.1) is 0 Å². The standard InChI is InChI=1S/C11H20N4O2.C2H6/c1-13-10(16)5-8(12)9-6-15(9)11(17)14-7-3-2-4-7;1-2/h7-9H,2-6,12H2,1H3,(H,13,16)(H,14,17);1-2H3. The van der Waals surface area contributed by atoms with Crippen molar-refractivity contribution < 1.29 is 9.59 Å². The van der Waals surface area contributed by atoms with Crippen molar-refractivity contribution in [3.8, 4) is 0 Å². The Hall–Kier alpha value is -1.30. The number of carbonyl (C=O) groups excluding carboxylic acids is 2. The van der Waals surface area contributed by atoms with Gasteiger partial charge in [-0.05, 0) is 19.3 Å². The Morgan fingerprint density at radius 3 is 2.47 bits per heavy atom. The summed E-state index contributed by atoms with van der Waals surface area (Å²) >= 11 is 0. The molecule has 2 fully saturated rings. The van der Waals surface area contributed by atoms with Gasteiger partial charge in [-0.2, -0.15) is 0 Å². The maximum atomic E-state index is 11.7. The molecule has 0 aromatic rings. The molecular weight excluding hydrogens is 244 g/mol. The lowest BCUT2D eigenvalue weighted by molar-refractivity contribution is -0.120. The molecule has 1 saturated heterocycles. The third-order valence-electron chi connectivity index (χ3n) is 3.54. The lowest BCUT2D eigenvalue weighted by Gasteiger charge is -2.26. The second kappa shape index (κ2) is 7.33. The largest absolute Gasteiger partial charge is 0.359 e. The number of nitrogens with zero attached hydrogens (tertiary/aromatic N) is 1. The normalized spacial score (nSPS) is 22.5. The fourth-order valence-corrected chi connectivity index (χ4v) is 2.02. The first-order chi connectivity index (χ1) is 9.11. The van der Waals surface area contributed by atoms with Gasteiger partial charge in [-0.3, -0.25) is 4.79 Å². The van der Waals surface area contributed by atoms with Gasteiger partial charge >= 0.3 is 6.03 Å². The fraction of sp³-hybridized carbons (Fsp3) is 0.846. The molecule has 2 unspecified atom stereocenters. The van der Waals surface area contributed by atoms with Crippen LogP contribution in [0.3, 0.4) is 0 Å². The van der Waals surface area contributed by atoms with Crippen molar-refractivity contribution >= 4 is 11.9 Å². The number of carbonyl (C=O) groups is 2. The minimum absolute atomic E-state index is 0.0207. The zero-order chi connectivity index (χ0) is 14.4. The molecule has 1 heterocycles. The van der Waals surface area contributed by atoms with Crippen molar-refractivity contribution in [2.75, 3.05) is 13.6 Å². The van der Waals surface area contributed by atoms with Crippen LogP contribution < -0.4 is 16.4 Å². The van der Waals surface area contributed by atoms with E-state index in [1.807, 2.05) is 13.8 Å². The van der Waals surface area contributed by atoms with Crippen LogP contribution in [0.2, 0.25) is 0 Å². The summed E-state index contributed by atoms with van der Waals surface area (Å²) in [5.74, 6) is -0.0799. The van der Waals surface area contributed by atoms with Gasteiger partial charge in [0.15, 0.2) is 0 Å². The minimum Gasteiger partial charge on any atom is -0.359 e. The van der Waals surface area contributed by atoms with E-state index in [1.165, 1.54) is 6.42 Å². The van der Waals surface area contributed by atoms with Crippen LogP contribution in [0.25, 0.3) is 0 Å². The van der Waals surface area contributed by atoms with Crippen molar-refractivity contribution in [1.29, 1.82) is 0 Å². The van der Waals surface area contributed by atoms with E-state index in [0.717, 1.165) is 12.8 Å². The highest BCUT2D eigenvalue weighted by molar-refractivity contribution is 5.79. The second-order valence-electron chi connectivity index (χ2n) is 4.84. The van der Waals surface area contributed by atoms with E-state index in [4.69, 9.17) is 5.73 Å². The molecular formula is C13H26N4O2. The molecule has 0 aromatic heterocycles. The molecule has 2 aliphatic rings. The number of nitrogens with one attached hydrogen (secondary N) is 2. The van der Waals surface area contributed by atoms with E-state index in [9.17, 15) is 9.59 Å². The summed E-state index contributed by atoms with van der Waals surface area (Å²) in [4.78, 5) is 24.6. The molecule has 1 aliphatic heterocycles. The molecule has 0 spiro atoms. The molecule has 2 atom stereocenters. The average molecular weight is 270 g/mol. The van der Waals surface area contributed by atoms with E-state index in [0.29, 0.717) is 12.6 Å². The smallest absolute Gasteiger partial charge is 0.318 e. The summed E-state index contributed by atoms with van der Waals surface area (Å²) in [5, 5.41) is 5.50. The van der Waals surface area contributed by atoms with E-state index < -0.39 is 0 Å². The van der Waals surface area contributed by atoms with E-state index >= 15 is 0 Å². The van der Waals surface area contributed by atoms with Gasteiger partial charge in [-0.25, -0.2) is 4.79 Å². The van der Waals surface area contributed by atoms with Crippen molar-refractivity contribution in [2.45, 2.75) is 57.7 Å². The van der Waals surface area contributed by atoms with Gasteiger partial charge in [-0.15, -0.1) is 0 Å². The molecule has 3 amide bonds. The van der Waals surface area contributed by atoms with Crippen LogP contribution in [0.1, 0.15) is 39.5 Å². The molecule has 0 radical (unpaired) electrons. The molecule has 6 nitrogen and oxygen atoms in total. The van der Waals surface area contributed by atoms with Gasteiger partial charge in [0, 0.05) is 32.1 Å². The maximum Gasteiger partial charge on any atom is 0.318 e. The Morgan fingerprint density at radius 1 is 1.37 bits per heavy atom. The molecule has 0 aromatic carbocycles. The molecule has 110 valence electrons. The Labute approximate surface area is 115 Å². The lowest BCUT2D eigenvalue weighted by atomic mass is 9.93. The topological polar surface area (TPSA) is 87.2 Å². The SMILES string of the molecule is CC.CNC(=O)CC(N)C1CN1C(=O)NC1CCC1. The third kappa shape index (κ3) is 4.38. The summed E-state index contributed by atoms with van der Waals surface area (Å²) in [6, 6.07) is 0.0699. The van der Waals surface area contributed by atoms with Gasteiger partial charge in [0.25, 0.3) is 0 Å². The van der Waals surface area contributed by atoms with Crippen LogP contribution in [0.5, 0.6) is 0 Å². The van der Waals surface area contributed by atoms with Crippen LogP contribution in [-0.2, 0) is 4.79 Å². The number of hydrogen-bond donors (Lipinski definition) is 3. The van der Waals surface area contributed by atoms with Gasteiger partial charge < -0.3 is 21.3 Å². The zero-order valence-electron chi connectivity index (χ0n) is 12.1. The Balaban J connectivity index is 0.000000861. The van der Waals surface area contributed by atoms with Gasteiger partial charge in [-0.1, -0.05) is 13.8 Å². The molecule has 2 rings (SSSR count). The number of hydrogen-bond acceptors (Lipinski definition) is 3. The Bertz CT molecular complexity index is 318. The second-order valence-corrected chi connectivity index (χ2v) is 4.84. The number of urea groups is 1. The minimum atomic E-state index is -0.262. The van der Waals surface area contributed by atoms with Crippen LogP contribution in [0.4, 0.5) is 4.79 Å². The van der Waals surface area contributed by atoms with Crippen molar-refractivity contribution in [1.82, 2.24) is 15.5 Å². The first-order valence-electron chi connectivity index (χ1n) is 7.15. The number of rotatable bonds is 4. The number of amides is 3. The maximum absolute atomic E-state index is 11.7. The zero-order valence-corrected chi connectivity index (χ0v) is 12.1. The highest BCUT2D eigenvalue weighted by Gasteiger charge is 2.43. The van der Waals surface area contributed by atoms with E-state index in [2.05, 4.69) is 10.6 Å². The molecule has 19 heavy (non-hydrogen) atoms. The monoisotopic (exact) mass is 270 g/mol. The average Bonchev–Trinajstić information content (AvgIpc) is 3.16. The van der Waals surface area contributed by atoms with Gasteiger partial charge in [0.05, 0.1) is 6.04 Å². The summed E-state index contributed by atoms with van der Waals surface area (Å²) in [6.07, 6.45) is 3.63. The predicted octanol–water partition coefficient (Wildman–Crippen LogP) is 0.422. The quantitative estimate of drug-likeness (QED) is 0.647. The van der Waals surface area contributed by atoms with Crippen molar-refractivity contribution in [3.63, 3.8) is 0 Å². The summed E-state index contributed by atoms with van der Waals surface area (Å²) in [7, 11) is 1.59. The van der Waals surface area contributed by atoms with E-state index in [-0.39, 0.29) is 30.4 Å². The molecule has 1 aliphatic carbocycles. The van der Waals surface area contributed by atoms with Crippen molar-refractivity contribution in [2.24, 2.45) is 5.73 Å². The van der Waals surface area contributed by atoms with Crippen LogP contribution in [-0.4, -0.2) is 48.6 Å². The van der Waals surface area contributed by atoms with E-state index in [1.54, 1.807) is 11.9 Å². The molecule has 6 heteroatoms. The first kappa shape index (κ1) is 15.8. The summed E-state index contributed by atoms with van der Waals surface area (Å²) in [6.45, 7) is 4.66.